The Bertz CT molecular complexity index is 1430. The number of hydrogen-bond acceptors (Lipinski definition) is 8. The Hall–Kier alpha value is -3.28. The van der Waals surface area contributed by atoms with Gasteiger partial charge in [-0.3, -0.25) is 9.98 Å². The van der Waals surface area contributed by atoms with Crippen LogP contribution in [0.15, 0.2) is 34.2 Å². The van der Waals surface area contributed by atoms with Crippen molar-refractivity contribution >= 4 is 23.1 Å². The number of nitrogens with one attached hydrogen (secondary N) is 3. The van der Waals surface area contributed by atoms with Crippen molar-refractivity contribution in [2.45, 2.75) is 25.4 Å². The fourth-order valence-electron chi connectivity index (χ4n) is 3.32. The average Bonchev–Trinajstić information content (AvgIpc) is 3.16. The predicted octanol–water partition coefficient (Wildman–Crippen LogP) is 0.527. The number of nitrogens with zero attached hydrogens (tertiary/aromatic N) is 4. The molecule has 0 saturated heterocycles. The minimum absolute atomic E-state index is 0.225. The molecule has 11 heteroatoms. The monoisotopic (exact) mass is 453 g/mol. The van der Waals surface area contributed by atoms with Crippen LogP contribution in [0.2, 0.25) is 0 Å². The highest BCUT2D eigenvalue weighted by Crippen LogP contribution is 2.26. The van der Waals surface area contributed by atoms with Crippen LogP contribution >= 0.6 is 11.3 Å². The molecule has 0 unspecified atom stereocenters. The van der Waals surface area contributed by atoms with E-state index < -0.39 is 5.69 Å². The molecule has 166 valence electrons. The highest BCUT2D eigenvalue weighted by atomic mass is 32.1. The molecular formula is C21H23N7O3S. The van der Waals surface area contributed by atoms with E-state index in [4.69, 9.17) is 14.7 Å². The molecule has 1 aliphatic carbocycles. The first-order valence-electron chi connectivity index (χ1n) is 10.3. The van der Waals surface area contributed by atoms with Crippen molar-refractivity contribution in [1.29, 1.82) is 0 Å². The summed E-state index contributed by atoms with van der Waals surface area (Å²) in [6.45, 7) is 2.23. The largest absolute Gasteiger partial charge is 0.493 e. The summed E-state index contributed by atoms with van der Waals surface area (Å²) in [6.07, 6.45) is 5.46. The second-order valence-electron chi connectivity index (χ2n) is 7.62. The van der Waals surface area contributed by atoms with Gasteiger partial charge in [0.1, 0.15) is 5.69 Å². The minimum atomic E-state index is -0.478. The number of hydrogen-bond donors (Lipinski definition) is 4. The van der Waals surface area contributed by atoms with E-state index in [9.17, 15) is 9.90 Å². The number of rotatable bonds is 8. The van der Waals surface area contributed by atoms with Gasteiger partial charge in [0.2, 0.25) is 5.88 Å². The topological polar surface area (TPSA) is 133 Å². The third-order valence-electron chi connectivity index (χ3n) is 5.07. The molecule has 4 N–H and O–H groups in total. The van der Waals surface area contributed by atoms with Crippen molar-refractivity contribution in [3.05, 3.63) is 56.2 Å². The fraction of sp³-hybridized carbons (Fsp3) is 0.333. The molecule has 4 heterocycles. The molecule has 0 atom stereocenters. The molecule has 4 aromatic rings. The highest BCUT2D eigenvalue weighted by Gasteiger charge is 2.20. The average molecular weight is 454 g/mol. The van der Waals surface area contributed by atoms with Gasteiger partial charge in [0.15, 0.2) is 11.1 Å². The first-order valence-corrected chi connectivity index (χ1v) is 11.2. The molecule has 0 radical (unpaired) electrons. The lowest BCUT2D eigenvalue weighted by Gasteiger charge is -2.02. The highest BCUT2D eigenvalue weighted by molar-refractivity contribution is 7.15. The van der Waals surface area contributed by atoms with E-state index in [1.165, 1.54) is 4.88 Å². The van der Waals surface area contributed by atoms with E-state index in [-0.39, 0.29) is 11.6 Å². The summed E-state index contributed by atoms with van der Waals surface area (Å²) in [5.74, 6) is -0.225. The molecule has 32 heavy (non-hydrogen) atoms. The summed E-state index contributed by atoms with van der Waals surface area (Å²) >= 11 is 1.67. The summed E-state index contributed by atoms with van der Waals surface area (Å²) in [7, 11) is 1.69. The molecule has 4 aromatic heterocycles. The van der Waals surface area contributed by atoms with Crippen LogP contribution in [0.3, 0.4) is 0 Å². The summed E-state index contributed by atoms with van der Waals surface area (Å²) < 4.78 is 6.78. The zero-order chi connectivity index (χ0) is 22.1. The fourth-order valence-corrected chi connectivity index (χ4v) is 4.26. The first kappa shape index (κ1) is 20.6. The maximum absolute atomic E-state index is 11.5. The van der Waals surface area contributed by atoms with E-state index in [0.717, 1.165) is 42.0 Å². The lowest BCUT2D eigenvalue weighted by Crippen LogP contribution is -2.19. The van der Waals surface area contributed by atoms with Crippen molar-refractivity contribution in [3.8, 4) is 16.5 Å². The Morgan fingerprint density at radius 1 is 1.41 bits per heavy atom. The Morgan fingerprint density at radius 2 is 2.28 bits per heavy atom. The van der Waals surface area contributed by atoms with Crippen LogP contribution < -0.4 is 21.7 Å². The standard InChI is InChI=1S/C21H23N7O3S/c1-31-7-6-22-11-14-4-5-17(32-14)15-9-18(24-13-2-3-13)28-19(25-15)12(10-23-28)8-16-20(29)27-21(30)26-16/h4-5,8-10,13,22,29H,2-3,6-7,11H2,1H3,(H2,26,27,30). The van der Waals surface area contributed by atoms with E-state index >= 15 is 0 Å². The van der Waals surface area contributed by atoms with Gasteiger partial charge in [0.05, 0.1) is 29.4 Å². The molecule has 0 bridgehead atoms. The Morgan fingerprint density at radius 3 is 3.03 bits per heavy atom. The molecule has 1 saturated carbocycles. The normalized spacial score (nSPS) is 15.3. The van der Waals surface area contributed by atoms with Crippen molar-refractivity contribution in [2.24, 2.45) is 4.99 Å². The third kappa shape index (κ3) is 4.35. The Kier molecular flexibility index (Phi) is 5.60. The molecule has 10 nitrogen and oxygen atoms in total. The van der Waals surface area contributed by atoms with E-state index in [2.05, 4.69) is 32.5 Å². The molecule has 0 spiro atoms. The molecular weight excluding hydrogens is 430 g/mol. The molecule has 5 rings (SSSR count). The molecule has 0 aliphatic heterocycles. The summed E-state index contributed by atoms with van der Waals surface area (Å²) in [5, 5.41) is 18.4. The maximum atomic E-state index is 11.5. The second kappa shape index (κ2) is 8.69. The van der Waals surface area contributed by atoms with Gasteiger partial charge in [0, 0.05) is 36.4 Å². The quantitative estimate of drug-likeness (QED) is 0.288. The number of aromatic nitrogens is 5. The molecule has 0 aromatic carbocycles. The van der Waals surface area contributed by atoms with Crippen LogP contribution in [0.25, 0.3) is 22.3 Å². The van der Waals surface area contributed by atoms with Gasteiger partial charge in [-0.15, -0.1) is 11.3 Å². The van der Waals surface area contributed by atoms with Crippen LogP contribution in [0.4, 0.5) is 0 Å². The Balaban J connectivity index is 1.57. The zero-order valence-electron chi connectivity index (χ0n) is 17.5. The van der Waals surface area contributed by atoms with E-state index in [0.29, 0.717) is 23.5 Å². The van der Waals surface area contributed by atoms with Crippen LogP contribution in [0, 0.1) is 0 Å². The smallest absolute Gasteiger partial charge is 0.326 e. The molecule has 1 aliphatic rings. The maximum Gasteiger partial charge on any atom is 0.326 e. The van der Waals surface area contributed by atoms with Crippen molar-refractivity contribution in [2.75, 3.05) is 20.3 Å². The van der Waals surface area contributed by atoms with Gasteiger partial charge in [0.25, 0.3) is 0 Å². The van der Waals surface area contributed by atoms with E-state index in [1.807, 2.05) is 6.07 Å². The van der Waals surface area contributed by atoms with Crippen molar-refractivity contribution in [1.82, 2.24) is 29.9 Å². The number of aromatic hydroxyl groups is 1. The van der Waals surface area contributed by atoms with Crippen LogP contribution in [0.5, 0.6) is 5.88 Å². The lowest BCUT2D eigenvalue weighted by atomic mass is 10.3. The predicted molar refractivity (Wildman–Crippen MR) is 120 cm³/mol. The van der Waals surface area contributed by atoms with E-state index in [1.54, 1.807) is 35.2 Å². The Labute approximate surface area is 186 Å². The third-order valence-corrected chi connectivity index (χ3v) is 6.18. The SMILES string of the molecule is COCCNCc1ccc(-c2cc(=NC3CC3)n3ncc(=Cc4[nH]c(=O)[nH]c4O)c3n2)s1. The second-order valence-corrected chi connectivity index (χ2v) is 8.78. The van der Waals surface area contributed by atoms with Crippen LogP contribution in [-0.2, 0) is 11.3 Å². The van der Waals surface area contributed by atoms with Gasteiger partial charge < -0.3 is 20.1 Å². The van der Waals surface area contributed by atoms with Crippen LogP contribution in [0.1, 0.15) is 23.4 Å². The zero-order valence-corrected chi connectivity index (χ0v) is 18.3. The van der Waals surface area contributed by atoms with Gasteiger partial charge in [-0.1, -0.05) is 0 Å². The number of imidazole rings is 1. The number of aromatic amines is 2. The van der Waals surface area contributed by atoms with Gasteiger partial charge in [-0.05, 0) is 31.1 Å². The van der Waals surface area contributed by atoms with Crippen LogP contribution in [-0.4, -0.2) is 56.0 Å². The number of thiophene rings is 1. The summed E-state index contributed by atoms with van der Waals surface area (Å²) in [6, 6.07) is 6.44. The molecule has 0 amide bonds. The van der Waals surface area contributed by atoms with Crippen molar-refractivity contribution in [3.63, 3.8) is 0 Å². The van der Waals surface area contributed by atoms with Gasteiger partial charge >= 0.3 is 5.69 Å². The number of ether oxygens (including phenoxy) is 1. The van der Waals surface area contributed by atoms with Gasteiger partial charge in [-0.2, -0.15) is 9.61 Å². The van der Waals surface area contributed by atoms with Crippen molar-refractivity contribution < 1.29 is 9.84 Å². The minimum Gasteiger partial charge on any atom is -0.493 e. The lowest BCUT2D eigenvalue weighted by molar-refractivity contribution is 0.199. The number of methoxy groups -OCH3 is 1. The number of fused-ring (bicyclic) bond motifs is 1. The summed E-state index contributed by atoms with van der Waals surface area (Å²) in [5.41, 5.74) is 1.96. The summed E-state index contributed by atoms with van der Waals surface area (Å²) in [4.78, 5) is 28.3. The first-order chi connectivity index (χ1) is 15.6. The van der Waals surface area contributed by atoms with Gasteiger partial charge in [-0.25, -0.2) is 9.78 Å². The molecule has 1 fully saturated rings. The number of H-pyrrole nitrogens is 2.